The van der Waals surface area contributed by atoms with Crippen LogP contribution >= 0.6 is 11.6 Å². The number of aromatic carboxylic acids is 1. The number of benzene rings is 1. The van der Waals surface area contributed by atoms with Crippen LogP contribution in [-0.4, -0.2) is 22.0 Å². The summed E-state index contributed by atoms with van der Waals surface area (Å²) in [5, 5.41) is 9.72. The third-order valence-corrected chi connectivity index (χ3v) is 3.92. The van der Waals surface area contributed by atoms with E-state index in [-0.39, 0.29) is 17.9 Å². The highest BCUT2D eigenvalue weighted by atomic mass is 35.5. The number of nitrogens with zero attached hydrogens (tertiary/aromatic N) is 2. The van der Waals surface area contributed by atoms with E-state index >= 15 is 0 Å². The minimum Gasteiger partial charge on any atom is -0.478 e. The SMILES string of the molecule is Cc1ccc(C(=O)O)c(N2Cc3c(Cl)ccc(N)c3C2=O)n1. The number of hydrogen-bond donors (Lipinski definition) is 2. The lowest BCUT2D eigenvalue weighted by atomic mass is 10.1. The van der Waals surface area contributed by atoms with E-state index in [2.05, 4.69) is 4.98 Å². The summed E-state index contributed by atoms with van der Waals surface area (Å²) in [4.78, 5) is 29.5. The number of carboxylic acid groups (broad SMARTS) is 1. The van der Waals surface area contributed by atoms with Gasteiger partial charge < -0.3 is 10.8 Å². The Labute approximate surface area is 131 Å². The highest BCUT2D eigenvalue weighted by molar-refractivity contribution is 6.33. The Morgan fingerprint density at radius 2 is 2.09 bits per heavy atom. The zero-order chi connectivity index (χ0) is 16.0. The Morgan fingerprint density at radius 3 is 2.73 bits per heavy atom. The molecule has 1 aliphatic heterocycles. The number of fused-ring (bicyclic) bond motifs is 1. The average Bonchev–Trinajstić information content (AvgIpc) is 2.81. The van der Waals surface area contributed by atoms with Crippen LogP contribution in [0.2, 0.25) is 5.02 Å². The standard InChI is InChI=1S/C15H12ClN3O3/c1-7-2-3-8(15(21)22)13(18-7)19-6-9-10(16)4-5-11(17)12(9)14(19)20/h2-5H,6,17H2,1H3,(H,21,22). The topological polar surface area (TPSA) is 96.5 Å². The van der Waals surface area contributed by atoms with Crippen molar-refractivity contribution in [3.63, 3.8) is 0 Å². The summed E-state index contributed by atoms with van der Waals surface area (Å²) < 4.78 is 0. The summed E-state index contributed by atoms with van der Waals surface area (Å²) in [7, 11) is 0. The number of rotatable bonds is 2. The van der Waals surface area contributed by atoms with Gasteiger partial charge in [0.05, 0.1) is 12.1 Å². The number of carbonyl (C=O) groups is 2. The van der Waals surface area contributed by atoms with E-state index in [1.165, 1.54) is 11.0 Å². The fourth-order valence-corrected chi connectivity index (χ4v) is 2.72. The molecule has 1 aromatic heterocycles. The molecule has 3 N–H and O–H groups in total. The quantitative estimate of drug-likeness (QED) is 0.829. The van der Waals surface area contributed by atoms with E-state index in [9.17, 15) is 14.7 Å². The molecule has 0 atom stereocenters. The molecule has 0 saturated carbocycles. The fraction of sp³-hybridized carbons (Fsp3) is 0.133. The molecule has 6 nitrogen and oxygen atoms in total. The average molecular weight is 318 g/mol. The number of aryl methyl sites for hydroxylation is 1. The predicted molar refractivity (Wildman–Crippen MR) is 82.3 cm³/mol. The monoisotopic (exact) mass is 317 g/mol. The molecule has 1 aromatic carbocycles. The molecule has 1 amide bonds. The maximum atomic E-state index is 12.6. The van der Waals surface area contributed by atoms with Crippen molar-refractivity contribution in [1.29, 1.82) is 0 Å². The molecule has 2 heterocycles. The van der Waals surface area contributed by atoms with Crippen LogP contribution in [0.1, 0.15) is 32.0 Å². The summed E-state index contributed by atoms with van der Waals surface area (Å²) >= 11 is 6.12. The molecule has 0 fully saturated rings. The van der Waals surface area contributed by atoms with Gasteiger partial charge in [0, 0.05) is 22.0 Å². The van der Waals surface area contributed by atoms with Gasteiger partial charge in [-0.15, -0.1) is 0 Å². The van der Waals surface area contributed by atoms with E-state index in [0.717, 1.165) is 0 Å². The van der Waals surface area contributed by atoms with Crippen LogP contribution in [0.3, 0.4) is 0 Å². The lowest BCUT2D eigenvalue weighted by Gasteiger charge is -2.17. The first kappa shape index (κ1) is 14.3. The van der Waals surface area contributed by atoms with Crippen molar-refractivity contribution in [2.75, 3.05) is 10.6 Å². The van der Waals surface area contributed by atoms with Crippen LogP contribution in [0.4, 0.5) is 11.5 Å². The number of nitrogen functional groups attached to an aromatic ring is 1. The minimum absolute atomic E-state index is 0.0403. The second kappa shape index (κ2) is 4.99. The van der Waals surface area contributed by atoms with Crippen LogP contribution in [0.25, 0.3) is 0 Å². The molecule has 1 aliphatic rings. The van der Waals surface area contributed by atoms with Gasteiger partial charge in [0.15, 0.2) is 5.82 Å². The van der Waals surface area contributed by atoms with Gasteiger partial charge in [-0.2, -0.15) is 0 Å². The molecule has 22 heavy (non-hydrogen) atoms. The first-order chi connectivity index (χ1) is 10.4. The lowest BCUT2D eigenvalue weighted by Crippen LogP contribution is -2.27. The Morgan fingerprint density at radius 1 is 1.36 bits per heavy atom. The van der Waals surface area contributed by atoms with Crippen molar-refractivity contribution < 1.29 is 14.7 Å². The van der Waals surface area contributed by atoms with Crippen molar-refractivity contribution >= 4 is 35.0 Å². The van der Waals surface area contributed by atoms with Crippen LogP contribution in [0, 0.1) is 6.92 Å². The smallest absolute Gasteiger partial charge is 0.339 e. The fourth-order valence-electron chi connectivity index (χ4n) is 2.50. The Kier molecular flexibility index (Phi) is 3.26. The minimum atomic E-state index is -1.15. The van der Waals surface area contributed by atoms with Gasteiger partial charge in [-0.05, 0) is 31.2 Å². The number of anilines is 2. The maximum absolute atomic E-state index is 12.6. The summed E-state index contributed by atoms with van der Waals surface area (Å²) in [6.45, 7) is 1.87. The van der Waals surface area contributed by atoms with E-state index in [0.29, 0.717) is 27.5 Å². The molecule has 3 rings (SSSR count). The second-order valence-electron chi connectivity index (χ2n) is 5.01. The number of hydrogen-bond acceptors (Lipinski definition) is 4. The number of amides is 1. The van der Waals surface area contributed by atoms with Gasteiger partial charge in [-0.1, -0.05) is 11.6 Å². The number of carboxylic acids is 1. The Balaban J connectivity index is 2.16. The van der Waals surface area contributed by atoms with E-state index in [1.54, 1.807) is 25.1 Å². The molecule has 0 spiro atoms. The van der Waals surface area contributed by atoms with Gasteiger partial charge in [-0.25, -0.2) is 9.78 Å². The van der Waals surface area contributed by atoms with E-state index in [1.807, 2.05) is 0 Å². The normalized spacial score (nSPS) is 13.4. The zero-order valence-electron chi connectivity index (χ0n) is 11.6. The highest BCUT2D eigenvalue weighted by Crippen LogP contribution is 2.36. The van der Waals surface area contributed by atoms with E-state index < -0.39 is 11.9 Å². The predicted octanol–water partition coefficient (Wildman–Crippen LogP) is 2.48. The highest BCUT2D eigenvalue weighted by Gasteiger charge is 2.35. The summed E-state index contributed by atoms with van der Waals surface area (Å²) in [6, 6.07) is 6.20. The van der Waals surface area contributed by atoms with Crippen LogP contribution in [0.5, 0.6) is 0 Å². The lowest BCUT2D eigenvalue weighted by molar-refractivity contribution is 0.0697. The third kappa shape index (κ3) is 2.08. The van der Waals surface area contributed by atoms with Crippen LogP contribution in [0.15, 0.2) is 24.3 Å². The number of halogens is 1. The second-order valence-corrected chi connectivity index (χ2v) is 5.42. The van der Waals surface area contributed by atoms with Gasteiger partial charge in [-0.3, -0.25) is 9.69 Å². The van der Waals surface area contributed by atoms with Crippen molar-refractivity contribution in [3.8, 4) is 0 Å². The largest absolute Gasteiger partial charge is 0.478 e. The molecule has 0 radical (unpaired) electrons. The van der Waals surface area contributed by atoms with Gasteiger partial charge in [0.1, 0.15) is 5.56 Å². The molecular formula is C15H12ClN3O3. The summed E-state index contributed by atoms with van der Waals surface area (Å²) in [6.07, 6.45) is 0. The van der Waals surface area contributed by atoms with Crippen molar-refractivity contribution in [1.82, 2.24) is 4.98 Å². The first-order valence-corrected chi connectivity index (χ1v) is 6.87. The molecule has 0 saturated heterocycles. The number of pyridine rings is 1. The van der Waals surface area contributed by atoms with Gasteiger partial charge in [0.2, 0.25) is 0 Å². The number of carbonyl (C=O) groups excluding carboxylic acids is 1. The van der Waals surface area contributed by atoms with E-state index in [4.69, 9.17) is 17.3 Å². The third-order valence-electron chi connectivity index (χ3n) is 3.56. The van der Waals surface area contributed by atoms with Crippen molar-refractivity contribution in [2.24, 2.45) is 0 Å². The van der Waals surface area contributed by atoms with Crippen LogP contribution in [-0.2, 0) is 6.54 Å². The maximum Gasteiger partial charge on any atom is 0.339 e. The molecule has 2 aromatic rings. The van der Waals surface area contributed by atoms with Crippen molar-refractivity contribution in [3.05, 3.63) is 51.7 Å². The Bertz CT molecular complexity index is 820. The Hall–Kier alpha value is -2.60. The molecule has 0 bridgehead atoms. The number of nitrogens with two attached hydrogens (primary N) is 1. The molecule has 7 heteroatoms. The zero-order valence-corrected chi connectivity index (χ0v) is 12.4. The molecule has 0 unspecified atom stereocenters. The van der Waals surface area contributed by atoms with Crippen LogP contribution < -0.4 is 10.6 Å². The molecule has 112 valence electrons. The molecular weight excluding hydrogens is 306 g/mol. The summed E-state index contributed by atoms with van der Waals surface area (Å²) in [5.74, 6) is -1.44. The van der Waals surface area contributed by atoms with Crippen molar-refractivity contribution in [2.45, 2.75) is 13.5 Å². The van der Waals surface area contributed by atoms with Gasteiger partial charge >= 0.3 is 5.97 Å². The van der Waals surface area contributed by atoms with Gasteiger partial charge in [0.25, 0.3) is 5.91 Å². The first-order valence-electron chi connectivity index (χ1n) is 6.50. The molecule has 0 aliphatic carbocycles. The number of aromatic nitrogens is 1. The summed E-state index contributed by atoms with van der Waals surface area (Å²) in [5.41, 5.74) is 7.65.